The highest BCUT2D eigenvalue weighted by atomic mass is 15.1. The molecule has 1 heteroatoms. The van der Waals surface area contributed by atoms with Crippen molar-refractivity contribution in [1.29, 1.82) is 0 Å². The second kappa shape index (κ2) is 8.96. The van der Waals surface area contributed by atoms with Crippen molar-refractivity contribution in [3.63, 3.8) is 0 Å². The summed E-state index contributed by atoms with van der Waals surface area (Å²) in [6.45, 7) is 0. The second-order valence-electron chi connectivity index (χ2n) is 9.51. The van der Waals surface area contributed by atoms with Crippen molar-refractivity contribution in [1.82, 2.24) is 0 Å². The summed E-state index contributed by atoms with van der Waals surface area (Å²) in [7, 11) is 0. The summed E-state index contributed by atoms with van der Waals surface area (Å²) in [4.78, 5) is 2.33. The van der Waals surface area contributed by atoms with Gasteiger partial charge in [-0.25, -0.2) is 0 Å². The van der Waals surface area contributed by atoms with Crippen molar-refractivity contribution in [3.05, 3.63) is 152 Å². The zero-order chi connectivity index (χ0) is 24.6. The number of nitrogens with zero attached hydrogens (tertiary/aromatic N) is 1. The van der Waals surface area contributed by atoms with Gasteiger partial charge < -0.3 is 4.90 Å². The summed E-state index contributed by atoms with van der Waals surface area (Å²) in [6.07, 6.45) is 0. The van der Waals surface area contributed by atoms with Gasteiger partial charge in [0.15, 0.2) is 0 Å². The van der Waals surface area contributed by atoms with Crippen LogP contribution in [0.3, 0.4) is 0 Å². The van der Waals surface area contributed by atoms with Crippen LogP contribution in [0.15, 0.2) is 152 Å². The Morgan fingerprint density at radius 2 is 0.703 bits per heavy atom. The molecule has 0 fully saturated rings. The molecule has 0 saturated heterocycles. The van der Waals surface area contributed by atoms with Gasteiger partial charge in [-0.2, -0.15) is 0 Å². The van der Waals surface area contributed by atoms with Crippen LogP contribution in [0.4, 0.5) is 17.1 Å². The molecule has 0 aliphatic carbocycles. The number of fused-ring (bicyclic) bond motifs is 3. The SMILES string of the molecule is c1ccc(-c2ccc(N(c3ccccc3)c3ccc4cc5cc6ccccc6cc5cc4c3)cc2)cc1. The molecule has 1 nitrogen and oxygen atoms in total. The molecule has 0 amide bonds. The maximum atomic E-state index is 2.33. The Morgan fingerprint density at radius 1 is 0.270 bits per heavy atom. The van der Waals surface area contributed by atoms with Gasteiger partial charge in [-0.15, -0.1) is 0 Å². The van der Waals surface area contributed by atoms with Crippen molar-refractivity contribution in [2.75, 3.05) is 4.90 Å². The van der Waals surface area contributed by atoms with Crippen LogP contribution in [0, 0.1) is 0 Å². The Balaban J connectivity index is 1.36. The molecule has 174 valence electrons. The summed E-state index contributed by atoms with van der Waals surface area (Å²) >= 11 is 0. The molecule has 7 aromatic rings. The average Bonchev–Trinajstić information content (AvgIpc) is 2.96. The predicted molar refractivity (Wildman–Crippen MR) is 159 cm³/mol. The fourth-order valence-electron chi connectivity index (χ4n) is 5.28. The molecule has 0 aromatic heterocycles. The van der Waals surface area contributed by atoms with Gasteiger partial charge >= 0.3 is 0 Å². The Bertz CT molecular complexity index is 1850. The molecular weight excluding hydrogens is 446 g/mol. The summed E-state index contributed by atoms with van der Waals surface area (Å²) in [5, 5.41) is 7.58. The van der Waals surface area contributed by atoms with Crippen LogP contribution < -0.4 is 4.90 Å². The van der Waals surface area contributed by atoms with Gasteiger partial charge in [0.25, 0.3) is 0 Å². The van der Waals surface area contributed by atoms with Crippen LogP contribution >= 0.6 is 0 Å². The van der Waals surface area contributed by atoms with E-state index in [4.69, 9.17) is 0 Å². The molecule has 7 rings (SSSR count). The third-order valence-corrected chi connectivity index (χ3v) is 7.15. The largest absolute Gasteiger partial charge is 0.310 e. The number of hydrogen-bond acceptors (Lipinski definition) is 1. The standard InChI is InChI=1S/C36H25N/c1-3-9-26(10-4-1)27-15-18-35(19-16-27)37(34-13-5-2-6-14-34)36-20-17-30-23-31-21-28-11-7-8-12-29(28)22-32(31)24-33(30)25-36/h1-25H. The van der Waals surface area contributed by atoms with E-state index in [9.17, 15) is 0 Å². The van der Waals surface area contributed by atoms with Crippen LogP contribution in [-0.2, 0) is 0 Å². The van der Waals surface area contributed by atoms with Crippen molar-refractivity contribution in [2.45, 2.75) is 0 Å². The molecule has 0 atom stereocenters. The van der Waals surface area contributed by atoms with Crippen molar-refractivity contribution >= 4 is 49.4 Å². The van der Waals surface area contributed by atoms with E-state index in [1.54, 1.807) is 0 Å². The molecular formula is C36H25N. The molecule has 7 aromatic carbocycles. The Hall–Kier alpha value is -4.88. The van der Waals surface area contributed by atoms with Gasteiger partial charge in [-0.1, -0.05) is 91.0 Å². The molecule has 0 bridgehead atoms. The summed E-state index contributed by atoms with van der Waals surface area (Å²) in [5.74, 6) is 0. The third kappa shape index (κ3) is 4.01. The lowest BCUT2D eigenvalue weighted by Gasteiger charge is -2.26. The zero-order valence-corrected chi connectivity index (χ0v) is 20.4. The highest BCUT2D eigenvalue weighted by Gasteiger charge is 2.13. The number of para-hydroxylation sites is 1. The van der Waals surface area contributed by atoms with E-state index >= 15 is 0 Å². The zero-order valence-electron chi connectivity index (χ0n) is 20.4. The first-order chi connectivity index (χ1) is 18.3. The molecule has 0 heterocycles. The molecule has 0 spiro atoms. The van der Waals surface area contributed by atoms with Gasteiger partial charge in [0.2, 0.25) is 0 Å². The molecule has 0 aliphatic rings. The summed E-state index contributed by atoms with van der Waals surface area (Å²) in [5.41, 5.74) is 5.87. The first-order valence-electron chi connectivity index (χ1n) is 12.7. The van der Waals surface area contributed by atoms with Gasteiger partial charge in [0.1, 0.15) is 0 Å². The number of anilines is 3. The maximum Gasteiger partial charge on any atom is 0.0468 e. The fourth-order valence-corrected chi connectivity index (χ4v) is 5.28. The quantitative estimate of drug-likeness (QED) is 0.231. The monoisotopic (exact) mass is 471 g/mol. The van der Waals surface area contributed by atoms with Crippen LogP contribution in [0.1, 0.15) is 0 Å². The van der Waals surface area contributed by atoms with E-state index in [-0.39, 0.29) is 0 Å². The van der Waals surface area contributed by atoms with Crippen LogP contribution in [-0.4, -0.2) is 0 Å². The van der Waals surface area contributed by atoms with Gasteiger partial charge in [0.05, 0.1) is 0 Å². The second-order valence-corrected chi connectivity index (χ2v) is 9.51. The smallest absolute Gasteiger partial charge is 0.0468 e. The van der Waals surface area contributed by atoms with E-state index in [1.165, 1.54) is 43.4 Å². The van der Waals surface area contributed by atoms with Crippen molar-refractivity contribution in [2.24, 2.45) is 0 Å². The van der Waals surface area contributed by atoms with Crippen LogP contribution in [0.2, 0.25) is 0 Å². The van der Waals surface area contributed by atoms with Gasteiger partial charge in [-0.05, 0) is 104 Å². The maximum absolute atomic E-state index is 2.33. The van der Waals surface area contributed by atoms with Crippen molar-refractivity contribution < 1.29 is 0 Å². The number of hydrogen-bond donors (Lipinski definition) is 0. The third-order valence-electron chi connectivity index (χ3n) is 7.15. The van der Waals surface area contributed by atoms with Crippen LogP contribution in [0.25, 0.3) is 43.4 Å². The van der Waals surface area contributed by atoms with Gasteiger partial charge in [0, 0.05) is 17.1 Å². The van der Waals surface area contributed by atoms with Gasteiger partial charge in [-0.3, -0.25) is 0 Å². The lowest BCUT2D eigenvalue weighted by Crippen LogP contribution is -2.09. The topological polar surface area (TPSA) is 3.24 Å². The molecule has 0 aliphatic heterocycles. The van der Waals surface area contributed by atoms with Crippen LogP contribution in [0.5, 0.6) is 0 Å². The minimum Gasteiger partial charge on any atom is -0.310 e. The van der Waals surface area contributed by atoms with E-state index in [2.05, 4.69) is 157 Å². The van der Waals surface area contributed by atoms with E-state index in [0.717, 1.165) is 17.1 Å². The lowest BCUT2D eigenvalue weighted by atomic mass is 9.99. The minimum absolute atomic E-state index is 1.14. The Kier molecular flexibility index (Phi) is 5.19. The predicted octanol–water partition coefficient (Wildman–Crippen LogP) is 10.3. The highest BCUT2D eigenvalue weighted by Crippen LogP contribution is 2.38. The summed E-state index contributed by atoms with van der Waals surface area (Å²) < 4.78 is 0. The van der Waals surface area contributed by atoms with E-state index < -0.39 is 0 Å². The molecule has 0 saturated carbocycles. The first-order valence-corrected chi connectivity index (χ1v) is 12.7. The molecule has 0 radical (unpaired) electrons. The van der Waals surface area contributed by atoms with E-state index in [1.807, 2.05) is 0 Å². The van der Waals surface area contributed by atoms with Crippen molar-refractivity contribution in [3.8, 4) is 11.1 Å². The fraction of sp³-hybridized carbons (Fsp3) is 0. The number of benzene rings is 7. The normalized spacial score (nSPS) is 11.2. The lowest BCUT2D eigenvalue weighted by molar-refractivity contribution is 1.29. The molecule has 0 unspecified atom stereocenters. The highest BCUT2D eigenvalue weighted by molar-refractivity contribution is 6.05. The minimum atomic E-state index is 1.14. The first kappa shape index (κ1) is 21.4. The Morgan fingerprint density at radius 3 is 1.35 bits per heavy atom. The van der Waals surface area contributed by atoms with E-state index in [0.29, 0.717) is 0 Å². The molecule has 37 heavy (non-hydrogen) atoms. The summed E-state index contributed by atoms with van der Waals surface area (Å²) in [6, 6.07) is 54.6. The average molecular weight is 472 g/mol. The number of rotatable bonds is 4. The Labute approximate surface area is 216 Å². The molecule has 0 N–H and O–H groups in total.